The third-order valence-electron chi connectivity index (χ3n) is 3.83. The molecule has 0 atom stereocenters. The maximum atomic E-state index is 13.2. The standard InChI is InChI=1S/C16H12Cl2N2O2S3/c17-15-7-5-11(23-15)9-19-13-3-1-2-4-14(13)20(25(19,21)22)10-12-6-8-16(18)24-12/h1-8H,9-10H2. The van der Waals surface area contributed by atoms with Gasteiger partial charge in [-0.2, -0.15) is 8.42 Å². The van der Waals surface area contributed by atoms with Crippen LogP contribution in [0.15, 0.2) is 48.5 Å². The molecule has 130 valence electrons. The van der Waals surface area contributed by atoms with Crippen molar-refractivity contribution in [1.29, 1.82) is 0 Å². The van der Waals surface area contributed by atoms with E-state index in [2.05, 4.69) is 0 Å². The number of hydrogen-bond acceptors (Lipinski definition) is 4. The van der Waals surface area contributed by atoms with Crippen molar-refractivity contribution in [2.45, 2.75) is 13.1 Å². The van der Waals surface area contributed by atoms with Crippen LogP contribution in [0.5, 0.6) is 0 Å². The second kappa shape index (κ2) is 6.48. The quantitative estimate of drug-likeness (QED) is 0.556. The summed E-state index contributed by atoms with van der Waals surface area (Å²) in [5.74, 6) is 0. The van der Waals surface area contributed by atoms with Crippen LogP contribution in [0, 0.1) is 0 Å². The monoisotopic (exact) mass is 430 g/mol. The molecule has 0 fully saturated rings. The number of para-hydroxylation sites is 2. The van der Waals surface area contributed by atoms with E-state index in [1.54, 1.807) is 12.1 Å². The highest BCUT2D eigenvalue weighted by Gasteiger charge is 2.40. The first-order valence-electron chi connectivity index (χ1n) is 7.33. The molecule has 3 aromatic rings. The summed E-state index contributed by atoms with van der Waals surface area (Å²) in [6, 6.07) is 14.6. The van der Waals surface area contributed by atoms with Crippen molar-refractivity contribution in [3.05, 3.63) is 67.0 Å². The van der Waals surface area contributed by atoms with Crippen LogP contribution in [-0.2, 0) is 23.3 Å². The van der Waals surface area contributed by atoms with Gasteiger partial charge in [0, 0.05) is 9.75 Å². The van der Waals surface area contributed by atoms with E-state index < -0.39 is 10.2 Å². The van der Waals surface area contributed by atoms with Gasteiger partial charge in [0.1, 0.15) is 0 Å². The average Bonchev–Trinajstić information content (AvgIpc) is 3.22. The van der Waals surface area contributed by atoms with Crippen LogP contribution < -0.4 is 8.61 Å². The number of benzene rings is 1. The zero-order valence-electron chi connectivity index (χ0n) is 12.7. The predicted molar refractivity (Wildman–Crippen MR) is 106 cm³/mol. The lowest BCUT2D eigenvalue weighted by atomic mass is 10.2. The SMILES string of the molecule is O=S1(=O)N(Cc2ccc(Cl)s2)c2ccccc2N1Cc1ccc(Cl)s1. The smallest absolute Gasteiger partial charge is 0.246 e. The minimum absolute atomic E-state index is 0.262. The second-order valence-corrected chi connectivity index (χ2v) is 10.8. The van der Waals surface area contributed by atoms with E-state index in [4.69, 9.17) is 23.2 Å². The fraction of sp³-hybridized carbons (Fsp3) is 0.125. The lowest BCUT2D eigenvalue weighted by molar-refractivity contribution is 0.589. The molecule has 4 nitrogen and oxygen atoms in total. The van der Waals surface area contributed by atoms with Crippen molar-refractivity contribution in [3.8, 4) is 0 Å². The molecule has 0 radical (unpaired) electrons. The first kappa shape index (κ1) is 17.2. The molecule has 9 heteroatoms. The van der Waals surface area contributed by atoms with Crippen molar-refractivity contribution < 1.29 is 8.42 Å². The van der Waals surface area contributed by atoms with Gasteiger partial charge in [-0.15, -0.1) is 22.7 Å². The third-order valence-corrected chi connectivity index (χ3v) is 8.03. The Balaban J connectivity index is 1.73. The van der Waals surface area contributed by atoms with Crippen LogP contribution in [0.4, 0.5) is 11.4 Å². The maximum absolute atomic E-state index is 13.2. The molecule has 1 aliphatic rings. The third kappa shape index (κ3) is 3.15. The Bertz CT molecular complexity index is 954. The Morgan fingerprint density at radius 1 is 0.760 bits per heavy atom. The largest absolute Gasteiger partial charge is 0.327 e. The van der Waals surface area contributed by atoms with Gasteiger partial charge in [0.15, 0.2) is 0 Å². The zero-order valence-corrected chi connectivity index (χ0v) is 16.7. The molecule has 3 heterocycles. The molecule has 0 bridgehead atoms. The predicted octanol–water partition coefficient (Wildman–Crippen LogP) is 5.39. The summed E-state index contributed by atoms with van der Waals surface area (Å²) in [6.07, 6.45) is 0. The molecule has 0 aliphatic carbocycles. The maximum Gasteiger partial charge on any atom is 0.327 e. The Morgan fingerprint density at radius 3 is 1.56 bits per heavy atom. The van der Waals surface area contributed by atoms with Crippen LogP contribution in [0.25, 0.3) is 0 Å². The van der Waals surface area contributed by atoms with E-state index in [0.29, 0.717) is 20.0 Å². The minimum atomic E-state index is -3.67. The highest BCUT2D eigenvalue weighted by Crippen LogP contribution is 2.43. The first-order chi connectivity index (χ1) is 11.9. The molecule has 2 aromatic heterocycles. The summed E-state index contributed by atoms with van der Waals surface area (Å²) in [7, 11) is -3.67. The lowest BCUT2D eigenvalue weighted by Crippen LogP contribution is -2.36. The van der Waals surface area contributed by atoms with E-state index in [0.717, 1.165) is 9.75 Å². The normalized spacial score (nSPS) is 15.6. The van der Waals surface area contributed by atoms with Crippen molar-refractivity contribution in [1.82, 2.24) is 0 Å². The number of halogens is 2. The molecule has 0 saturated heterocycles. The van der Waals surface area contributed by atoms with Gasteiger partial charge < -0.3 is 0 Å². The van der Waals surface area contributed by atoms with E-state index in [9.17, 15) is 8.42 Å². The Hall–Kier alpha value is -1.25. The lowest BCUT2D eigenvalue weighted by Gasteiger charge is -2.21. The molecule has 25 heavy (non-hydrogen) atoms. The van der Waals surface area contributed by atoms with Crippen LogP contribution in [-0.4, -0.2) is 8.42 Å². The second-order valence-electron chi connectivity index (χ2n) is 5.42. The van der Waals surface area contributed by atoms with Crippen LogP contribution >= 0.6 is 45.9 Å². The molecule has 0 amide bonds. The molecule has 4 rings (SSSR count). The van der Waals surface area contributed by atoms with E-state index >= 15 is 0 Å². The van der Waals surface area contributed by atoms with Gasteiger partial charge in [-0.05, 0) is 36.4 Å². The van der Waals surface area contributed by atoms with Gasteiger partial charge in [-0.1, -0.05) is 35.3 Å². The fourth-order valence-electron chi connectivity index (χ4n) is 2.74. The van der Waals surface area contributed by atoms with Crippen LogP contribution in [0.2, 0.25) is 8.67 Å². The molecule has 0 unspecified atom stereocenters. The molecule has 1 aliphatic heterocycles. The Kier molecular flexibility index (Phi) is 4.45. The van der Waals surface area contributed by atoms with Gasteiger partial charge in [0.2, 0.25) is 0 Å². The van der Waals surface area contributed by atoms with Gasteiger partial charge in [0.05, 0.1) is 33.1 Å². The van der Waals surface area contributed by atoms with Crippen LogP contribution in [0.1, 0.15) is 9.75 Å². The van der Waals surface area contributed by atoms with Crippen molar-refractivity contribution >= 4 is 67.5 Å². The van der Waals surface area contributed by atoms with Crippen molar-refractivity contribution in [2.75, 3.05) is 8.61 Å². The topological polar surface area (TPSA) is 40.6 Å². The van der Waals surface area contributed by atoms with Gasteiger partial charge in [-0.3, -0.25) is 0 Å². The average molecular weight is 431 g/mol. The molecule has 1 aromatic carbocycles. The summed E-state index contributed by atoms with van der Waals surface area (Å²) in [6.45, 7) is 0.525. The van der Waals surface area contributed by atoms with Crippen LogP contribution in [0.3, 0.4) is 0 Å². The number of anilines is 2. The number of hydrogen-bond donors (Lipinski definition) is 0. The summed E-state index contributed by atoms with van der Waals surface area (Å²) >= 11 is 14.7. The summed E-state index contributed by atoms with van der Waals surface area (Å²) in [5.41, 5.74) is 1.35. The minimum Gasteiger partial charge on any atom is -0.246 e. The van der Waals surface area contributed by atoms with Gasteiger partial charge in [-0.25, -0.2) is 8.61 Å². The number of thiophene rings is 2. The Morgan fingerprint density at radius 2 is 1.20 bits per heavy atom. The van der Waals surface area contributed by atoms with E-state index in [-0.39, 0.29) is 13.1 Å². The van der Waals surface area contributed by atoms with Gasteiger partial charge >= 0.3 is 10.2 Å². The number of rotatable bonds is 4. The van der Waals surface area contributed by atoms with E-state index in [1.807, 2.05) is 36.4 Å². The molecular weight excluding hydrogens is 419 g/mol. The molecule has 0 saturated carbocycles. The van der Waals surface area contributed by atoms with Crippen molar-refractivity contribution in [3.63, 3.8) is 0 Å². The zero-order chi connectivity index (χ0) is 17.6. The number of fused-ring (bicyclic) bond motifs is 1. The summed E-state index contributed by atoms with van der Waals surface area (Å²) in [5, 5.41) is 0. The van der Waals surface area contributed by atoms with E-state index in [1.165, 1.54) is 31.3 Å². The fourth-order valence-corrected chi connectivity index (χ4v) is 6.71. The summed E-state index contributed by atoms with van der Waals surface area (Å²) < 4.78 is 30.5. The van der Waals surface area contributed by atoms with Crippen molar-refractivity contribution in [2.24, 2.45) is 0 Å². The van der Waals surface area contributed by atoms with Gasteiger partial charge in [0.25, 0.3) is 0 Å². The molecule has 0 spiro atoms. The molecule has 0 N–H and O–H groups in total. The first-order valence-corrected chi connectivity index (χ1v) is 11.1. The number of nitrogens with zero attached hydrogens (tertiary/aromatic N) is 2. The Labute approximate surface area is 164 Å². The highest BCUT2D eigenvalue weighted by molar-refractivity contribution is 7.94. The molecular formula is C16H12Cl2N2O2S3. The summed E-state index contributed by atoms with van der Waals surface area (Å²) in [4.78, 5) is 1.79. The highest BCUT2D eigenvalue weighted by atomic mass is 35.5.